The number of aromatic nitrogens is 1. The molecule has 1 amide bonds. The fourth-order valence-corrected chi connectivity index (χ4v) is 4.62. The molecule has 2 aromatic carbocycles. The van der Waals surface area contributed by atoms with E-state index in [4.69, 9.17) is 4.42 Å². The summed E-state index contributed by atoms with van der Waals surface area (Å²) < 4.78 is 32.9. The van der Waals surface area contributed by atoms with E-state index in [2.05, 4.69) is 15.5 Å². The van der Waals surface area contributed by atoms with Crippen LogP contribution >= 0.6 is 0 Å². The van der Waals surface area contributed by atoms with Gasteiger partial charge in [0.15, 0.2) is 0 Å². The Labute approximate surface area is 205 Å². The first-order valence-electron chi connectivity index (χ1n) is 10.5. The van der Waals surface area contributed by atoms with Crippen molar-refractivity contribution in [2.45, 2.75) is 4.90 Å². The van der Waals surface area contributed by atoms with E-state index in [0.717, 1.165) is 4.31 Å². The molecule has 4 aromatic rings. The van der Waals surface area contributed by atoms with Gasteiger partial charge in [-0.25, -0.2) is 13.8 Å². The van der Waals surface area contributed by atoms with Gasteiger partial charge in [-0.15, -0.1) is 0 Å². The van der Waals surface area contributed by atoms with Gasteiger partial charge in [-0.2, -0.15) is 5.10 Å². The Hall–Kier alpha value is -4.84. The molecular formula is C24H19N5O6S. The van der Waals surface area contributed by atoms with Crippen LogP contribution in [-0.4, -0.2) is 37.0 Å². The number of pyridine rings is 1. The highest BCUT2D eigenvalue weighted by atomic mass is 32.2. The molecule has 0 unspecified atom stereocenters. The molecule has 0 fully saturated rings. The number of carbonyl (C=O) groups excluding carboxylic acids is 1. The number of hydrazone groups is 1. The second-order valence-corrected chi connectivity index (χ2v) is 9.20. The molecule has 2 aromatic heterocycles. The molecule has 0 saturated carbocycles. The van der Waals surface area contributed by atoms with Crippen LogP contribution < -0.4 is 9.73 Å². The minimum absolute atomic E-state index is 0.0273. The van der Waals surface area contributed by atoms with Crippen LogP contribution in [0.15, 0.2) is 106 Å². The van der Waals surface area contributed by atoms with Crippen molar-refractivity contribution in [2.75, 3.05) is 10.8 Å². The van der Waals surface area contributed by atoms with E-state index in [1.165, 1.54) is 48.9 Å². The highest BCUT2D eigenvalue weighted by Gasteiger charge is 2.27. The molecule has 0 aliphatic carbocycles. The third-order valence-corrected chi connectivity index (χ3v) is 6.71. The molecule has 0 atom stereocenters. The Kier molecular flexibility index (Phi) is 7.16. The molecule has 182 valence electrons. The summed E-state index contributed by atoms with van der Waals surface area (Å²) in [6.45, 7) is -0.535. The number of rotatable bonds is 9. The van der Waals surface area contributed by atoms with Gasteiger partial charge in [-0.1, -0.05) is 18.2 Å². The summed E-state index contributed by atoms with van der Waals surface area (Å²) in [5.74, 6) is 0.0795. The standard InChI is InChI=1S/C24H19N5O6S/c30-24(17-28(20-5-4-14-25-15-20)36(33,34)22-6-2-1-3-7-22)27-26-16-21-12-13-23(35-21)18-8-10-19(11-9-18)29(31)32/h1-16H,17H2,(H,27,30)/b26-16-. The van der Waals surface area contributed by atoms with E-state index in [9.17, 15) is 23.3 Å². The van der Waals surface area contributed by atoms with Crippen LogP contribution in [0.2, 0.25) is 0 Å². The van der Waals surface area contributed by atoms with Crippen molar-refractivity contribution in [3.63, 3.8) is 0 Å². The van der Waals surface area contributed by atoms with E-state index in [1.807, 2.05) is 0 Å². The molecule has 0 radical (unpaired) electrons. The summed E-state index contributed by atoms with van der Waals surface area (Å²) in [5, 5.41) is 14.6. The van der Waals surface area contributed by atoms with Gasteiger partial charge in [0, 0.05) is 23.9 Å². The monoisotopic (exact) mass is 505 g/mol. The second kappa shape index (κ2) is 10.6. The first-order chi connectivity index (χ1) is 17.3. The Morgan fingerprint density at radius 1 is 1.06 bits per heavy atom. The van der Waals surface area contributed by atoms with Crippen LogP contribution in [-0.2, 0) is 14.8 Å². The van der Waals surface area contributed by atoms with E-state index < -0.39 is 27.4 Å². The van der Waals surface area contributed by atoms with Gasteiger partial charge in [0.2, 0.25) is 0 Å². The third kappa shape index (κ3) is 5.62. The quantitative estimate of drug-likeness (QED) is 0.208. The second-order valence-electron chi connectivity index (χ2n) is 7.34. The van der Waals surface area contributed by atoms with Crippen LogP contribution in [0.25, 0.3) is 11.3 Å². The van der Waals surface area contributed by atoms with Gasteiger partial charge in [-0.05, 0) is 48.5 Å². The lowest BCUT2D eigenvalue weighted by Crippen LogP contribution is -2.39. The SMILES string of the molecule is O=C(CN(c1cccnc1)S(=O)(=O)c1ccccc1)N/N=C\c1ccc(-c2ccc([N+](=O)[O-])cc2)o1. The van der Waals surface area contributed by atoms with Gasteiger partial charge in [0.1, 0.15) is 18.1 Å². The zero-order chi connectivity index (χ0) is 25.5. The zero-order valence-corrected chi connectivity index (χ0v) is 19.4. The summed E-state index contributed by atoms with van der Waals surface area (Å²) >= 11 is 0. The molecular weight excluding hydrogens is 486 g/mol. The number of hydrogen-bond donors (Lipinski definition) is 1. The van der Waals surface area contributed by atoms with E-state index in [0.29, 0.717) is 17.1 Å². The summed E-state index contributed by atoms with van der Waals surface area (Å²) in [4.78, 5) is 26.8. The first kappa shape index (κ1) is 24.3. The van der Waals surface area contributed by atoms with Crippen LogP contribution in [0.3, 0.4) is 0 Å². The number of benzene rings is 2. The third-order valence-electron chi connectivity index (χ3n) is 4.92. The van der Waals surface area contributed by atoms with Crippen LogP contribution in [0.4, 0.5) is 11.4 Å². The average Bonchev–Trinajstić information content (AvgIpc) is 3.37. The largest absolute Gasteiger partial charge is 0.455 e. The Morgan fingerprint density at radius 2 is 1.81 bits per heavy atom. The number of anilines is 1. The Balaban J connectivity index is 1.45. The molecule has 0 aliphatic heterocycles. The summed E-state index contributed by atoms with van der Waals surface area (Å²) in [6.07, 6.45) is 4.10. The maximum Gasteiger partial charge on any atom is 0.269 e. The lowest BCUT2D eigenvalue weighted by molar-refractivity contribution is -0.384. The smallest absolute Gasteiger partial charge is 0.269 e. The predicted octanol–water partition coefficient (Wildman–Crippen LogP) is 3.60. The number of amides is 1. The number of nitro benzene ring substituents is 1. The number of furan rings is 1. The van der Waals surface area contributed by atoms with Gasteiger partial charge < -0.3 is 4.42 Å². The van der Waals surface area contributed by atoms with Crippen molar-refractivity contribution >= 4 is 33.5 Å². The molecule has 12 heteroatoms. The summed E-state index contributed by atoms with van der Waals surface area (Å²) in [7, 11) is -4.04. The molecule has 11 nitrogen and oxygen atoms in total. The number of hydrogen-bond acceptors (Lipinski definition) is 8. The minimum Gasteiger partial charge on any atom is -0.455 e. The number of nitrogens with zero attached hydrogens (tertiary/aromatic N) is 4. The number of nitrogens with one attached hydrogen (secondary N) is 1. The maximum atomic E-state index is 13.2. The highest BCUT2D eigenvalue weighted by Crippen LogP contribution is 2.24. The van der Waals surface area contributed by atoms with Crippen LogP contribution in [0.5, 0.6) is 0 Å². The molecule has 1 N–H and O–H groups in total. The predicted molar refractivity (Wildman–Crippen MR) is 132 cm³/mol. The minimum atomic E-state index is -4.04. The fraction of sp³-hybridized carbons (Fsp3) is 0.0417. The van der Waals surface area contributed by atoms with Crippen molar-refractivity contribution < 1.29 is 22.6 Å². The van der Waals surface area contributed by atoms with Gasteiger partial charge >= 0.3 is 0 Å². The van der Waals surface area contributed by atoms with Gasteiger partial charge in [0.25, 0.3) is 21.6 Å². The Morgan fingerprint density at radius 3 is 2.47 bits per heavy atom. The molecule has 0 spiro atoms. The molecule has 0 bridgehead atoms. The normalized spacial score (nSPS) is 11.3. The van der Waals surface area contributed by atoms with E-state index in [-0.39, 0.29) is 16.3 Å². The first-order valence-corrected chi connectivity index (χ1v) is 11.9. The lowest BCUT2D eigenvalue weighted by atomic mass is 10.1. The van der Waals surface area contributed by atoms with Crippen molar-refractivity contribution in [3.05, 3.63) is 107 Å². The molecule has 2 heterocycles. The maximum absolute atomic E-state index is 13.2. The van der Waals surface area contributed by atoms with Crippen molar-refractivity contribution in [2.24, 2.45) is 5.10 Å². The van der Waals surface area contributed by atoms with Crippen molar-refractivity contribution in [1.29, 1.82) is 0 Å². The van der Waals surface area contributed by atoms with Crippen molar-refractivity contribution in [3.8, 4) is 11.3 Å². The molecule has 0 saturated heterocycles. The number of non-ortho nitro benzene ring substituents is 1. The highest BCUT2D eigenvalue weighted by molar-refractivity contribution is 7.92. The van der Waals surface area contributed by atoms with Gasteiger partial charge in [-0.3, -0.25) is 24.2 Å². The summed E-state index contributed by atoms with van der Waals surface area (Å²) in [5.41, 5.74) is 3.10. The average molecular weight is 506 g/mol. The summed E-state index contributed by atoms with van der Waals surface area (Å²) in [6, 6.07) is 19.9. The van der Waals surface area contributed by atoms with Crippen molar-refractivity contribution in [1.82, 2.24) is 10.4 Å². The zero-order valence-electron chi connectivity index (χ0n) is 18.6. The number of carbonyl (C=O) groups is 1. The lowest BCUT2D eigenvalue weighted by Gasteiger charge is -2.23. The Bertz CT molecular complexity index is 1490. The van der Waals surface area contributed by atoms with E-state index in [1.54, 1.807) is 48.5 Å². The topological polar surface area (TPSA) is 148 Å². The number of sulfonamides is 1. The fourth-order valence-electron chi connectivity index (χ4n) is 3.19. The molecule has 0 aliphatic rings. The van der Waals surface area contributed by atoms with Crippen LogP contribution in [0.1, 0.15) is 5.76 Å². The number of nitro groups is 1. The molecule has 36 heavy (non-hydrogen) atoms. The van der Waals surface area contributed by atoms with E-state index >= 15 is 0 Å². The van der Waals surface area contributed by atoms with Gasteiger partial charge in [0.05, 0.1) is 27.9 Å². The molecule has 4 rings (SSSR count). The van der Waals surface area contributed by atoms with Crippen LogP contribution in [0, 0.1) is 10.1 Å².